The Hall–Kier alpha value is -4.55. The van der Waals surface area contributed by atoms with Crippen LogP contribution in [0.1, 0.15) is 68.9 Å². The lowest BCUT2D eigenvalue weighted by Crippen LogP contribution is -2.62. The Morgan fingerprint density at radius 1 is 0.939 bits per heavy atom. The van der Waals surface area contributed by atoms with Crippen molar-refractivity contribution in [2.45, 2.75) is 83.1 Å². The maximum atomic E-state index is 13.8. The lowest BCUT2D eigenvalue weighted by molar-refractivity contribution is -0.130. The van der Waals surface area contributed by atoms with E-state index in [2.05, 4.69) is 15.6 Å². The molecule has 1 aliphatic carbocycles. The summed E-state index contributed by atoms with van der Waals surface area (Å²) in [5, 5.41) is 21.6. The number of amides is 4. The molecule has 1 aromatic heterocycles. The number of carbonyl (C=O) groups is 4. The van der Waals surface area contributed by atoms with Crippen molar-refractivity contribution in [1.82, 2.24) is 25.6 Å². The molecule has 2 unspecified atom stereocenters. The first-order valence-electron chi connectivity index (χ1n) is 17.1. The van der Waals surface area contributed by atoms with Gasteiger partial charge in [0.05, 0.1) is 24.1 Å². The lowest BCUT2D eigenvalue weighted by atomic mass is 9.77. The number of carbonyl (C=O) groups excluding carboxylic acids is 4. The molecular weight excluding hydrogens is 624 g/mol. The van der Waals surface area contributed by atoms with E-state index in [0.717, 1.165) is 36.6 Å². The molecule has 5 rings (SSSR count). The van der Waals surface area contributed by atoms with Crippen molar-refractivity contribution in [3.8, 4) is 0 Å². The molecule has 4 amide bonds. The summed E-state index contributed by atoms with van der Waals surface area (Å²) in [7, 11) is 0. The molecular formula is C37H48N6O6. The van der Waals surface area contributed by atoms with Crippen LogP contribution < -0.4 is 16.4 Å². The predicted molar refractivity (Wildman–Crippen MR) is 185 cm³/mol. The van der Waals surface area contributed by atoms with Gasteiger partial charge in [-0.1, -0.05) is 67.4 Å². The van der Waals surface area contributed by atoms with Crippen molar-refractivity contribution in [2.24, 2.45) is 17.6 Å². The summed E-state index contributed by atoms with van der Waals surface area (Å²) >= 11 is 0. The van der Waals surface area contributed by atoms with Crippen LogP contribution in [0.2, 0.25) is 0 Å². The highest BCUT2D eigenvalue weighted by Crippen LogP contribution is 2.36. The highest BCUT2D eigenvalue weighted by molar-refractivity contribution is 5.99. The van der Waals surface area contributed by atoms with Gasteiger partial charge in [-0.15, -0.1) is 0 Å². The number of hydrogen-bond acceptors (Lipinski definition) is 8. The molecule has 1 saturated carbocycles. The number of hydrogen-bond donors (Lipinski definition) is 4. The molecule has 49 heavy (non-hydrogen) atoms. The maximum absolute atomic E-state index is 13.8. The molecule has 12 heteroatoms. The summed E-state index contributed by atoms with van der Waals surface area (Å²) in [5.74, 6) is -1.38. The summed E-state index contributed by atoms with van der Waals surface area (Å²) in [6.45, 7) is 6.58. The van der Waals surface area contributed by atoms with Gasteiger partial charge in [0, 0.05) is 25.0 Å². The monoisotopic (exact) mass is 672 g/mol. The smallest absolute Gasteiger partial charge is 0.424 e. The summed E-state index contributed by atoms with van der Waals surface area (Å²) in [4.78, 5) is 57.0. The first-order valence-corrected chi connectivity index (χ1v) is 17.1. The maximum Gasteiger partial charge on any atom is 0.424 e. The van der Waals surface area contributed by atoms with E-state index in [1.165, 1.54) is 0 Å². The normalized spacial score (nSPS) is 20.0. The number of nitrogens with zero attached hydrogens (tertiary/aromatic N) is 3. The molecule has 2 fully saturated rings. The van der Waals surface area contributed by atoms with Crippen molar-refractivity contribution in [3.63, 3.8) is 0 Å². The van der Waals surface area contributed by atoms with Gasteiger partial charge >= 0.3 is 6.09 Å². The van der Waals surface area contributed by atoms with Gasteiger partial charge in [-0.25, -0.2) is 19.8 Å². The van der Waals surface area contributed by atoms with Gasteiger partial charge in [0.1, 0.15) is 17.3 Å². The number of aromatic nitrogens is 1. The van der Waals surface area contributed by atoms with E-state index in [1.54, 1.807) is 23.2 Å². The Bertz CT molecular complexity index is 1630. The number of pyridine rings is 1. The number of benzene rings is 2. The Morgan fingerprint density at radius 2 is 1.61 bits per heavy atom. The Morgan fingerprint density at radius 3 is 2.31 bits per heavy atom. The van der Waals surface area contributed by atoms with Crippen molar-refractivity contribution < 1.29 is 29.0 Å². The zero-order valence-electron chi connectivity index (χ0n) is 28.5. The van der Waals surface area contributed by atoms with Crippen LogP contribution >= 0.6 is 0 Å². The third-order valence-electron chi connectivity index (χ3n) is 9.21. The molecule has 2 aliphatic rings. The topological polar surface area (TPSA) is 167 Å². The van der Waals surface area contributed by atoms with Crippen LogP contribution in [0.3, 0.4) is 0 Å². The van der Waals surface area contributed by atoms with Crippen LogP contribution in [-0.2, 0) is 20.7 Å². The van der Waals surface area contributed by atoms with Crippen molar-refractivity contribution in [2.75, 3.05) is 19.6 Å². The Kier molecular flexibility index (Phi) is 11.5. The van der Waals surface area contributed by atoms with Crippen LogP contribution in [0.25, 0.3) is 10.9 Å². The second-order valence-electron chi connectivity index (χ2n) is 14.2. The summed E-state index contributed by atoms with van der Waals surface area (Å²) in [5.41, 5.74) is 6.35. The number of rotatable bonds is 11. The van der Waals surface area contributed by atoms with Crippen LogP contribution in [-0.4, -0.2) is 87.3 Å². The van der Waals surface area contributed by atoms with E-state index < -0.39 is 54.0 Å². The number of para-hydroxylation sites is 1. The highest BCUT2D eigenvalue weighted by Gasteiger charge is 2.41. The predicted octanol–water partition coefficient (Wildman–Crippen LogP) is 3.57. The van der Waals surface area contributed by atoms with Crippen molar-refractivity contribution >= 4 is 34.7 Å². The minimum absolute atomic E-state index is 0.0497. The second-order valence-corrected chi connectivity index (χ2v) is 14.2. The van der Waals surface area contributed by atoms with Crippen LogP contribution in [0.15, 0.2) is 66.7 Å². The zero-order valence-corrected chi connectivity index (χ0v) is 28.5. The number of aliphatic hydroxyl groups is 1. The van der Waals surface area contributed by atoms with Crippen LogP contribution in [0.5, 0.6) is 0 Å². The minimum Gasteiger partial charge on any atom is -0.443 e. The largest absolute Gasteiger partial charge is 0.443 e. The molecule has 0 spiro atoms. The van der Waals surface area contributed by atoms with Crippen molar-refractivity contribution in [3.05, 3.63) is 78.0 Å². The number of β-amino-alcohol motifs (C(OH)–C–C–N with tert-alkyl or cyclic N) is 1. The van der Waals surface area contributed by atoms with E-state index in [4.69, 9.17) is 10.5 Å². The minimum atomic E-state index is -1.32. The number of aliphatic hydroxyl groups excluding tert-OH is 1. The number of hydrazine groups is 1. The number of fused-ring (bicyclic) bond motifs is 2. The van der Waals surface area contributed by atoms with Gasteiger partial charge in [-0.3, -0.25) is 14.4 Å². The van der Waals surface area contributed by atoms with E-state index in [0.29, 0.717) is 30.4 Å². The van der Waals surface area contributed by atoms with Gasteiger partial charge in [-0.2, -0.15) is 0 Å². The van der Waals surface area contributed by atoms with Gasteiger partial charge in [0.2, 0.25) is 11.8 Å². The highest BCUT2D eigenvalue weighted by atomic mass is 16.6. The fourth-order valence-electron chi connectivity index (χ4n) is 6.76. The lowest BCUT2D eigenvalue weighted by Gasteiger charge is -2.48. The van der Waals surface area contributed by atoms with Crippen LogP contribution in [0, 0.1) is 11.8 Å². The van der Waals surface area contributed by atoms with E-state index in [-0.39, 0.29) is 18.7 Å². The second kappa shape index (κ2) is 15.8. The van der Waals surface area contributed by atoms with Crippen molar-refractivity contribution in [1.29, 1.82) is 0 Å². The molecule has 2 heterocycles. The fraction of sp³-hybridized carbons (Fsp3) is 0.486. The fourth-order valence-corrected chi connectivity index (χ4v) is 6.76. The van der Waals surface area contributed by atoms with Gasteiger partial charge in [0.15, 0.2) is 0 Å². The SMILES string of the molecule is CC(C)(C)OC(=O)N1CC2CCCCC2CN1C[C@H](O)[C@H](Cc1ccccc1)NC(=O)[C@H](CC(N)=O)NC(=O)c1ccc2ccccc2n1. The molecule has 12 nitrogen and oxygen atoms in total. The van der Waals surface area contributed by atoms with Crippen LogP contribution in [0.4, 0.5) is 4.79 Å². The molecule has 5 atom stereocenters. The van der Waals surface area contributed by atoms with E-state index >= 15 is 0 Å². The number of nitrogens with one attached hydrogen (secondary N) is 2. The quantitative estimate of drug-likeness (QED) is 0.240. The molecule has 0 radical (unpaired) electrons. The third kappa shape index (κ3) is 9.76. The molecule has 1 saturated heterocycles. The Balaban J connectivity index is 1.35. The van der Waals surface area contributed by atoms with Gasteiger partial charge in [0.25, 0.3) is 5.91 Å². The number of primary amides is 1. The first kappa shape index (κ1) is 35.7. The number of ether oxygens (including phenoxy) is 1. The summed E-state index contributed by atoms with van der Waals surface area (Å²) < 4.78 is 5.76. The molecule has 5 N–H and O–H groups in total. The first-order chi connectivity index (χ1) is 23.4. The average Bonchev–Trinajstić information content (AvgIpc) is 3.06. The molecule has 262 valence electrons. The average molecular weight is 673 g/mol. The molecule has 2 aromatic carbocycles. The molecule has 3 aromatic rings. The summed E-state index contributed by atoms with van der Waals surface area (Å²) in [6, 6.07) is 17.8. The van der Waals surface area contributed by atoms with Gasteiger partial charge in [-0.05, 0) is 69.6 Å². The zero-order chi connectivity index (χ0) is 35.1. The number of nitrogens with two attached hydrogens (primary N) is 1. The van der Waals surface area contributed by atoms with Gasteiger partial charge < -0.3 is 26.2 Å². The van der Waals surface area contributed by atoms with E-state index in [1.807, 2.05) is 74.3 Å². The standard InChI is InChI=1S/C37H48N6O6/c1-37(2,3)49-36(48)43-22-27-15-8-7-14-26(27)21-42(43)23-32(44)30(19-24-11-5-4-6-12-24)40-35(47)31(20-33(38)45)41-34(46)29-18-17-25-13-9-10-16-28(25)39-29/h4-6,9-13,16-18,26-27,30-32,44H,7-8,14-15,19-23H2,1-3H3,(H2,38,45)(H,40,47)(H,41,46)/t26?,27?,30-,31-,32-/m0/s1. The summed E-state index contributed by atoms with van der Waals surface area (Å²) in [6.07, 6.45) is 2.51. The van der Waals surface area contributed by atoms with E-state index in [9.17, 15) is 24.3 Å². The molecule has 0 bridgehead atoms. The third-order valence-corrected chi connectivity index (χ3v) is 9.21. The Labute approximate surface area is 287 Å². The molecule has 1 aliphatic heterocycles.